The average molecular weight is 370 g/mol. The number of rotatable bonds is 3. The molecule has 0 radical (unpaired) electrons. The van der Waals surface area contributed by atoms with Gasteiger partial charge in [-0.2, -0.15) is 5.10 Å². The van der Waals surface area contributed by atoms with Crippen LogP contribution in [-0.4, -0.2) is 33.7 Å². The predicted molar refractivity (Wildman–Crippen MR) is 99.1 cm³/mol. The summed E-state index contributed by atoms with van der Waals surface area (Å²) in [7, 11) is 0. The number of hydrogen-bond donors (Lipinski definition) is 0. The Morgan fingerprint density at radius 2 is 1.65 bits per heavy atom. The molecule has 0 saturated carbocycles. The highest BCUT2D eigenvalue weighted by atomic mass is 35.5. The van der Waals surface area contributed by atoms with Crippen LogP contribution < -0.4 is 0 Å². The van der Waals surface area contributed by atoms with Crippen molar-refractivity contribution in [3.05, 3.63) is 71.1 Å². The van der Waals surface area contributed by atoms with Gasteiger partial charge in [-0.1, -0.05) is 11.6 Å². The van der Waals surface area contributed by atoms with Crippen LogP contribution in [0.3, 0.4) is 0 Å². The number of carbonyl (C=O) groups excluding carboxylic acids is 1. The molecule has 3 aromatic rings. The molecule has 2 aromatic carbocycles. The van der Waals surface area contributed by atoms with Crippen LogP contribution in [0.15, 0.2) is 54.6 Å². The average Bonchev–Trinajstić information content (AvgIpc) is 3.33. The second kappa shape index (κ2) is 6.92. The maximum absolute atomic E-state index is 13.2. The minimum absolute atomic E-state index is 0.0432. The molecule has 1 fully saturated rings. The molecule has 1 amide bonds. The smallest absolute Gasteiger partial charge is 0.272 e. The van der Waals surface area contributed by atoms with Crippen LogP contribution in [0.5, 0.6) is 0 Å². The third kappa shape index (κ3) is 3.22. The monoisotopic (exact) mass is 369 g/mol. The first-order valence-electron chi connectivity index (χ1n) is 8.53. The van der Waals surface area contributed by atoms with Crippen LogP contribution in [-0.2, 0) is 0 Å². The van der Waals surface area contributed by atoms with E-state index in [9.17, 15) is 9.18 Å². The summed E-state index contributed by atoms with van der Waals surface area (Å²) in [4.78, 5) is 14.8. The van der Waals surface area contributed by atoms with Gasteiger partial charge in [-0.05, 0) is 67.4 Å². The topological polar surface area (TPSA) is 38.1 Å². The standard InChI is InChI=1S/C20H17ClFN3O/c21-15-5-9-17(10-6-15)25-19(20(26)24-11-1-2-12-24)13-18(23-25)14-3-7-16(22)8-4-14/h3-10,13H,1-2,11-12H2. The molecule has 0 unspecified atom stereocenters. The van der Waals surface area contributed by atoms with E-state index >= 15 is 0 Å². The summed E-state index contributed by atoms with van der Waals surface area (Å²) in [5, 5.41) is 5.22. The molecule has 6 heteroatoms. The van der Waals surface area contributed by atoms with Crippen LogP contribution in [0.25, 0.3) is 16.9 Å². The van der Waals surface area contributed by atoms with Gasteiger partial charge >= 0.3 is 0 Å². The fraction of sp³-hybridized carbons (Fsp3) is 0.200. The third-order valence-electron chi connectivity index (χ3n) is 4.53. The van der Waals surface area contributed by atoms with Crippen molar-refractivity contribution in [2.75, 3.05) is 13.1 Å². The number of carbonyl (C=O) groups is 1. The summed E-state index contributed by atoms with van der Waals surface area (Å²) in [5.41, 5.74) is 2.64. The molecule has 0 atom stereocenters. The van der Waals surface area contributed by atoms with Gasteiger partial charge in [0.2, 0.25) is 0 Å². The Balaban J connectivity index is 1.80. The van der Waals surface area contributed by atoms with Gasteiger partial charge in [0.1, 0.15) is 11.5 Å². The zero-order chi connectivity index (χ0) is 18.1. The lowest BCUT2D eigenvalue weighted by Gasteiger charge is -2.16. The van der Waals surface area contributed by atoms with Crippen LogP contribution in [0.2, 0.25) is 5.02 Å². The third-order valence-corrected chi connectivity index (χ3v) is 4.78. The Morgan fingerprint density at radius 3 is 2.31 bits per heavy atom. The predicted octanol–water partition coefficient (Wildman–Crippen LogP) is 4.57. The fourth-order valence-corrected chi connectivity index (χ4v) is 3.28. The molecule has 0 N–H and O–H groups in total. The van der Waals surface area contributed by atoms with E-state index in [2.05, 4.69) is 5.10 Å². The van der Waals surface area contributed by atoms with Gasteiger partial charge < -0.3 is 4.90 Å². The molecule has 26 heavy (non-hydrogen) atoms. The summed E-state index contributed by atoms with van der Waals surface area (Å²) in [6.45, 7) is 1.52. The number of benzene rings is 2. The van der Waals surface area contributed by atoms with Crippen molar-refractivity contribution in [3.8, 4) is 16.9 Å². The first-order chi connectivity index (χ1) is 12.6. The van der Waals surface area contributed by atoms with Crippen molar-refractivity contribution in [3.63, 3.8) is 0 Å². The SMILES string of the molecule is O=C(c1cc(-c2ccc(F)cc2)nn1-c1ccc(Cl)cc1)N1CCCC1. The van der Waals surface area contributed by atoms with Crippen molar-refractivity contribution in [1.29, 1.82) is 0 Å². The van der Waals surface area contributed by atoms with Gasteiger partial charge in [-0.3, -0.25) is 4.79 Å². The van der Waals surface area contributed by atoms with E-state index in [4.69, 9.17) is 11.6 Å². The number of likely N-dealkylation sites (tertiary alicyclic amines) is 1. The molecular weight excluding hydrogens is 353 g/mol. The first-order valence-corrected chi connectivity index (χ1v) is 8.91. The molecule has 4 rings (SSSR count). The first kappa shape index (κ1) is 16.8. The number of amides is 1. The second-order valence-electron chi connectivity index (χ2n) is 6.31. The van der Waals surface area contributed by atoms with E-state index in [1.165, 1.54) is 12.1 Å². The second-order valence-corrected chi connectivity index (χ2v) is 6.75. The summed E-state index contributed by atoms with van der Waals surface area (Å²) >= 11 is 5.98. The summed E-state index contributed by atoms with van der Waals surface area (Å²) in [6.07, 6.45) is 2.04. The molecule has 0 aliphatic carbocycles. The van der Waals surface area contributed by atoms with E-state index in [1.807, 2.05) is 17.0 Å². The van der Waals surface area contributed by atoms with Crippen molar-refractivity contribution in [1.82, 2.24) is 14.7 Å². The Hall–Kier alpha value is -2.66. The van der Waals surface area contributed by atoms with E-state index in [-0.39, 0.29) is 11.7 Å². The zero-order valence-electron chi connectivity index (χ0n) is 14.0. The van der Waals surface area contributed by atoms with Gasteiger partial charge in [-0.15, -0.1) is 0 Å². The molecule has 2 heterocycles. The van der Waals surface area contributed by atoms with Gasteiger partial charge in [0.15, 0.2) is 0 Å². The number of halogens is 2. The molecular formula is C20H17ClFN3O. The number of hydrogen-bond acceptors (Lipinski definition) is 2. The lowest BCUT2D eigenvalue weighted by molar-refractivity contribution is 0.0784. The molecule has 1 aliphatic heterocycles. The zero-order valence-corrected chi connectivity index (χ0v) is 14.8. The Kier molecular flexibility index (Phi) is 4.47. The number of aromatic nitrogens is 2. The van der Waals surface area contributed by atoms with Crippen LogP contribution in [0.4, 0.5) is 4.39 Å². The normalized spacial score (nSPS) is 14.0. The molecule has 1 saturated heterocycles. The van der Waals surface area contributed by atoms with Gasteiger partial charge in [0, 0.05) is 23.7 Å². The molecule has 4 nitrogen and oxygen atoms in total. The van der Waals surface area contributed by atoms with E-state index in [0.29, 0.717) is 16.4 Å². The van der Waals surface area contributed by atoms with Crippen molar-refractivity contribution < 1.29 is 9.18 Å². The van der Waals surface area contributed by atoms with Crippen LogP contribution in [0.1, 0.15) is 23.3 Å². The maximum atomic E-state index is 13.2. The number of nitrogens with zero attached hydrogens (tertiary/aromatic N) is 3. The van der Waals surface area contributed by atoms with Crippen molar-refractivity contribution >= 4 is 17.5 Å². The van der Waals surface area contributed by atoms with Crippen LogP contribution >= 0.6 is 11.6 Å². The van der Waals surface area contributed by atoms with Crippen LogP contribution in [0, 0.1) is 5.82 Å². The van der Waals surface area contributed by atoms with Gasteiger partial charge in [-0.25, -0.2) is 9.07 Å². The summed E-state index contributed by atoms with van der Waals surface area (Å²) in [6, 6.07) is 15.0. The van der Waals surface area contributed by atoms with E-state index in [0.717, 1.165) is 37.2 Å². The quantitative estimate of drug-likeness (QED) is 0.678. The molecule has 1 aromatic heterocycles. The Morgan fingerprint density at radius 1 is 1.00 bits per heavy atom. The van der Waals surface area contributed by atoms with Crippen molar-refractivity contribution in [2.45, 2.75) is 12.8 Å². The Bertz CT molecular complexity index is 929. The molecule has 0 bridgehead atoms. The minimum atomic E-state index is -0.306. The van der Waals surface area contributed by atoms with E-state index < -0.39 is 0 Å². The Labute approximate surface area is 155 Å². The summed E-state index contributed by atoms with van der Waals surface area (Å²) < 4.78 is 14.9. The minimum Gasteiger partial charge on any atom is -0.337 e. The lowest BCUT2D eigenvalue weighted by atomic mass is 10.1. The van der Waals surface area contributed by atoms with Crippen molar-refractivity contribution in [2.24, 2.45) is 0 Å². The highest BCUT2D eigenvalue weighted by Gasteiger charge is 2.25. The summed E-state index contributed by atoms with van der Waals surface area (Å²) in [5.74, 6) is -0.349. The van der Waals surface area contributed by atoms with Gasteiger partial charge in [0.25, 0.3) is 5.91 Å². The maximum Gasteiger partial charge on any atom is 0.272 e. The molecule has 1 aliphatic rings. The highest BCUT2D eigenvalue weighted by molar-refractivity contribution is 6.30. The largest absolute Gasteiger partial charge is 0.337 e. The molecule has 132 valence electrons. The molecule has 0 spiro atoms. The van der Waals surface area contributed by atoms with E-state index in [1.54, 1.807) is 35.0 Å². The fourth-order valence-electron chi connectivity index (χ4n) is 3.16. The van der Waals surface area contributed by atoms with Gasteiger partial charge in [0.05, 0.1) is 11.4 Å². The highest BCUT2D eigenvalue weighted by Crippen LogP contribution is 2.25. The lowest BCUT2D eigenvalue weighted by Crippen LogP contribution is -2.29.